The van der Waals surface area contributed by atoms with E-state index in [-0.39, 0.29) is 10.8 Å². The summed E-state index contributed by atoms with van der Waals surface area (Å²) >= 11 is 1.64. The Balaban J connectivity index is 0.000000166. The van der Waals surface area contributed by atoms with Gasteiger partial charge in [0.2, 0.25) is 0 Å². The summed E-state index contributed by atoms with van der Waals surface area (Å²) in [5, 5.41) is 8.51. The van der Waals surface area contributed by atoms with Crippen LogP contribution in [0.25, 0.3) is 21.5 Å². The van der Waals surface area contributed by atoms with E-state index in [2.05, 4.69) is 145 Å². The van der Waals surface area contributed by atoms with Gasteiger partial charge in [-0.25, -0.2) is 12.1 Å². The van der Waals surface area contributed by atoms with Crippen LogP contribution in [-0.4, -0.2) is 5.43 Å². The minimum atomic E-state index is -0.455. The Labute approximate surface area is 256 Å². The molecule has 40 heavy (non-hydrogen) atoms. The number of benzene rings is 4. The average molecular weight is 616 g/mol. The quantitative estimate of drug-likeness (QED) is 0.135. The van der Waals surface area contributed by atoms with Gasteiger partial charge in [-0.1, -0.05) is 76.9 Å². The molecule has 0 spiro atoms. The summed E-state index contributed by atoms with van der Waals surface area (Å²) in [5.74, 6) is 0. The van der Waals surface area contributed by atoms with E-state index in [1.807, 2.05) is 30.3 Å². The average Bonchev–Trinajstić information content (AvgIpc) is 3.64. The molecular formula is C38H40SiZr. The van der Waals surface area contributed by atoms with E-state index in [1.54, 1.807) is 23.3 Å². The molecule has 6 aromatic carbocycles. The zero-order valence-electron chi connectivity index (χ0n) is 24.7. The van der Waals surface area contributed by atoms with E-state index in [4.69, 9.17) is 0 Å². The van der Waals surface area contributed by atoms with Gasteiger partial charge in [0.15, 0.2) is 0 Å². The van der Waals surface area contributed by atoms with Gasteiger partial charge in [-0.2, -0.15) is 18.2 Å². The number of fused-ring (bicyclic) bond motifs is 3. The van der Waals surface area contributed by atoms with E-state index in [9.17, 15) is 0 Å². The molecule has 0 nitrogen and oxygen atoms in total. The van der Waals surface area contributed by atoms with Gasteiger partial charge in [0.25, 0.3) is 0 Å². The molecule has 0 aliphatic heterocycles. The van der Waals surface area contributed by atoms with Crippen molar-refractivity contribution in [1.29, 1.82) is 0 Å². The minimum Gasteiger partial charge on any atom is -0.214 e. The van der Waals surface area contributed by atoms with Crippen molar-refractivity contribution < 1.29 is 23.3 Å². The largest absolute Gasteiger partial charge is 0.214 e. The Morgan fingerprint density at radius 3 is 1.25 bits per heavy atom. The van der Waals surface area contributed by atoms with E-state index in [1.165, 1.54) is 43.0 Å². The van der Waals surface area contributed by atoms with Gasteiger partial charge in [-0.05, 0) is 10.8 Å². The molecule has 2 heteroatoms. The molecule has 0 aliphatic rings. The molecule has 0 atom stereocenters. The predicted molar refractivity (Wildman–Crippen MR) is 174 cm³/mol. The maximum absolute atomic E-state index is 2.35. The molecule has 200 valence electrons. The Hall–Kier alpha value is -2.80. The van der Waals surface area contributed by atoms with Gasteiger partial charge >= 0.3 is 99.8 Å². The molecule has 0 amide bonds. The van der Waals surface area contributed by atoms with Crippen molar-refractivity contribution in [3.8, 4) is 0 Å². The summed E-state index contributed by atoms with van der Waals surface area (Å²) in [5.41, 5.74) is 2.76. The van der Waals surface area contributed by atoms with Crippen molar-refractivity contribution in [3.05, 3.63) is 145 Å². The fraction of sp³-hybridized carbons (Fsp3) is 0.211. The Kier molecular flexibility index (Phi) is 9.99. The Morgan fingerprint density at radius 1 is 0.525 bits per heavy atom. The van der Waals surface area contributed by atoms with E-state index < -0.39 is 5.43 Å². The van der Waals surface area contributed by atoms with Crippen molar-refractivity contribution in [2.24, 2.45) is 0 Å². The van der Waals surface area contributed by atoms with Crippen LogP contribution >= 0.6 is 0 Å². The second-order valence-electron chi connectivity index (χ2n) is 12.3. The maximum Gasteiger partial charge on any atom is -0.172 e. The zero-order chi connectivity index (χ0) is 28.8. The molecule has 0 bridgehead atoms. The fourth-order valence-electron chi connectivity index (χ4n) is 4.65. The van der Waals surface area contributed by atoms with Crippen LogP contribution in [0.4, 0.5) is 0 Å². The van der Waals surface area contributed by atoms with Crippen LogP contribution in [0, 0.1) is 0 Å². The summed E-state index contributed by atoms with van der Waals surface area (Å²) in [7, 11) is 0. The molecule has 6 aromatic rings. The molecule has 6 rings (SSSR count). The van der Waals surface area contributed by atoms with Crippen LogP contribution in [0.3, 0.4) is 0 Å². The molecule has 0 saturated carbocycles. The first-order valence-corrected chi connectivity index (χ1v) is 19.2. The molecule has 0 aromatic heterocycles. The van der Waals surface area contributed by atoms with Crippen molar-refractivity contribution in [1.82, 2.24) is 0 Å². The van der Waals surface area contributed by atoms with Gasteiger partial charge in [-0.15, -0.1) is 39.7 Å². The van der Waals surface area contributed by atoms with E-state index in [0.717, 1.165) is 0 Å². The summed E-state index contributed by atoms with van der Waals surface area (Å²) < 4.78 is 0. The molecule has 0 radical (unpaired) electrons. The van der Waals surface area contributed by atoms with Crippen LogP contribution in [0.5, 0.6) is 0 Å². The fourth-order valence-corrected chi connectivity index (χ4v) is 8.50. The van der Waals surface area contributed by atoms with E-state index in [0.29, 0.717) is 0 Å². The van der Waals surface area contributed by atoms with Crippen molar-refractivity contribution in [2.75, 3.05) is 0 Å². The predicted octanol–water partition coefficient (Wildman–Crippen LogP) is 9.05. The monoisotopic (exact) mass is 614 g/mol. The van der Waals surface area contributed by atoms with Crippen molar-refractivity contribution >= 4 is 37.4 Å². The summed E-state index contributed by atoms with van der Waals surface area (Å²) in [6.45, 7) is 13.6. The second-order valence-corrected chi connectivity index (χ2v) is 17.9. The Bertz CT molecular complexity index is 1520. The van der Waals surface area contributed by atoms with Crippen LogP contribution < -0.4 is 10.4 Å². The maximum atomic E-state index is 2.35. The minimum absolute atomic E-state index is 0.203. The smallest absolute Gasteiger partial charge is 0.172 e. The second kappa shape index (κ2) is 13.2. The van der Waals surface area contributed by atoms with Gasteiger partial charge < -0.3 is 0 Å². The third-order valence-corrected chi connectivity index (χ3v) is 13.2. The topological polar surface area (TPSA) is 0 Å². The molecular weight excluding hydrogens is 576 g/mol. The molecule has 0 fully saturated rings. The summed E-state index contributed by atoms with van der Waals surface area (Å²) in [6.07, 6.45) is 0. The molecule has 0 unspecified atom stereocenters. The number of hydrogen-bond acceptors (Lipinski definition) is 0. The number of hydrogen-bond donors (Lipinski definition) is 0. The summed E-state index contributed by atoms with van der Waals surface area (Å²) in [6, 6.07) is 47.9. The van der Waals surface area contributed by atoms with Crippen LogP contribution in [0.2, 0.25) is 0 Å². The first kappa shape index (κ1) is 30.2. The SMILES string of the molecule is CC(C)(C)c1ccc2c(c1)[cH-]c1cc(C(C)(C)C)ccc12.[Zr+2]=[Si](c1ccccc1)c1ccccc1.c1cc[cH-]c1. The van der Waals surface area contributed by atoms with Crippen LogP contribution in [0.1, 0.15) is 52.7 Å². The molecule has 0 heterocycles. The van der Waals surface area contributed by atoms with Gasteiger partial charge in [0, 0.05) is 0 Å². The third kappa shape index (κ3) is 7.90. The van der Waals surface area contributed by atoms with Crippen LogP contribution in [-0.2, 0) is 34.2 Å². The van der Waals surface area contributed by atoms with Gasteiger partial charge in [0.05, 0.1) is 0 Å². The molecule has 0 saturated heterocycles. The van der Waals surface area contributed by atoms with Crippen molar-refractivity contribution in [2.45, 2.75) is 52.4 Å². The third-order valence-electron chi connectivity index (χ3n) is 7.12. The van der Waals surface area contributed by atoms with E-state index >= 15 is 0 Å². The standard InChI is InChI=1S/C21H25.C12H10Si.C5H5.Zr/c1-20(2,3)16-7-9-18-14(12-16)11-15-13-17(21(4,5)6)8-10-19(15)18;1-3-7-11(8-4-1)13-12-9-5-2-6-10-12;1-2-4-5-3-1;/h7-13H,1-6H3;1-10H;1-5H;/q-1;;-1;+2. The van der Waals surface area contributed by atoms with Crippen molar-refractivity contribution in [3.63, 3.8) is 0 Å². The molecule has 0 aliphatic carbocycles. The first-order chi connectivity index (χ1) is 19.0. The zero-order valence-corrected chi connectivity index (χ0v) is 28.2. The summed E-state index contributed by atoms with van der Waals surface area (Å²) in [4.78, 5) is 0. The van der Waals surface area contributed by atoms with Gasteiger partial charge in [0.1, 0.15) is 0 Å². The molecule has 0 N–H and O–H groups in total. The van der Waals surface area contributed by atoms with Crippen LogP contribution in [0.15, 0.2) is 133 Å². The first-order valence-electron chi connectivity index (χ1n) is 14.0. The number of rotatable bonds is 2. The van der Waals surface area contributed by atoms with Gasteiger partial charge in [-0.3, -0.25) is 0 Å². The Morgan fingerprint density at radius 2 is 0.925 bits per heavy atom. The normalized spacial score (nSPS) is 11.4.